The number of hydrogen-bond acceptors (Lipinski definition) is 9. The molecule has 0 aliphatic carbocycles. The molecule has 0 saturated carbocycles. The molecular formula is C16H22O10. The van der Waals surface area contributed by atoms with Crippen molar-refractivity contribution >= 4 is 12.3 Å². The fraction of sp³-hybridized carbons (Fsp3) is 0.625. The van der Waals surface area contributed by atoms with Crippen molar-refractivity contribution in [3.05, 3.63) is 24.5 Å². The summed E-state index contributed by atoms with van der Waals surface area (Å²) >= 11 is 0. The third kappa shape index (κ3) is 3.95. The van der Waals surface area contributed by atoms with E-state index in [-0.39, 0.29) is 12.0 Å². The van der Waals surface area contributed by atoms with Gasteiger partial charge in [0.2, 0.25) is 6.29 Å². The fourth-order valence-corrected chi connectivity index (χ4v) is 3.02. The summed E-state index contributed by atoms with van der Waals surface area (Å²) < 4.78 is 16.0. The molecule has 2 rings (SSSR count). The third-order valence-corrected chi connectivity index (χ3v) is 4.49. The quantitative estimate of drug-likeness (QED) is 0.252. The molecule has 0 aromatic rings. The van der Waals surface area contributed by atoms with E-state index in [0.29, 0.717) is 6.29 Å². The molecule has 146 valence electrons. The first kappa shape index (κ1) is 20.5. The van der Waals surface area contributed by atoms with Gasteiger partial charge in [0, 0.05) is 18.3 Å². The first-order chi connectivity index (χ1) is 12.3. The largest absolute Gasteiger partial charge is 0.478 e. The van der Waals surface area contributed by atoms with E-state index < -0.39 is 61.4 Å². The van der Waals surface area contributed by atoms with E-state index in [9.17, 15) is 35.1 Å². The first-order valence-electron chi connectivity index (χ1n) is 7.96. The van der Waals surface area contributed by atoms with Crippen molar-refractivity contribution in [2.45, 2.75) is 43.4 Å². The van der Waals surface area contributed by atoms with Gasteiger partial charge >= 0.3 is 5.97 Å². The monoisotopic (exact) mass is 374 g/mol. The molecule has 0 aromatic carbocycles. The van der Waals surface area contributed by atoms with Gasteiger partial charge in [-0.25, -0.2) is 4.79 Å². The summed E-state index contributed by atoms with van der Waals surface area (Å²) in [4.78, 5) is 22.2. The van der Waals surface area contributed by atoms with E-state index in [1.165, 1.54) is 6.08 Å². The zero-order valence-electron chi connectivity index (χ0n) is 13.7. The summed E-state index contributed by atoms with van der Waals surface area (Å²) in [6.45, 7) is 2.98. The van der Waals surface area contributed by atoms with Crippen molar-refractivity contribution in [2.75, 3.05) is 6.61 Å². The average molecular weight is 374 g/mol. The van der Waals surface area contributed by atoms with Gasteiger partial charge in [0.05, 0.1) is 18.4 Å². The molecule has 8 atom stereocenters. The van der Waals surface area contributed by atoms with Crippen LogP contribution in [0, 0.1) is 11.8 Å². The van der Waals surface area contributed by atoms with Crippen LogP contribution in [0.2, 0.25) is 0 Å². The molecule has 8 unspecified atom stereocenters. The Kier molecular flexibility index (Phi) is 6.87. The maximum Gasteiger partial charge on any atom is 0.335 e. The number of carboxylic acids is 1. The number of aldehydes is 1. The summed E-state index contributed by atoms with van der Waals surface area (Å²) in [5, 5.41) is 48.0. The van der Waals surface area contributed by atoms with E-state index >= 15 is 0 Å². The van der Waals surface area contributed by atoms with Crippen LogP contribution in [0.5, 0.6) is 0 Å². The lowest BCUT2D eigenvalue weighted by molar-refractivity contribution is -0.339. The average Bonchev–Trinajstić information content (AvgIpc) is 2.62. The molecule has 2 aliphatic heterocycles. The molecule has 10 heteroatoms. The smallest absolute Gasteiger partial charge is 0.335 e. The number of carbonyl (C=O) groups excluding carboxylic acids is 1. The van der Waals surface area contributed by atoms with Gasteiger partial charge in [-0.2, -0.15) is 0 Å². The molecule has 10 nitrogen and oxygen atoms in total. The standard InChI is InChI=1S/C16H22O10/c1-2-7-8(3-4-17)9(14(22)23)6-24-15(7)26-16-13(21)12(20)11(19)10(5-18)25-16/h2,4,6-8,10-13,15-16,18-21H,1,3,5H2,(H,22,23). The highest BCUT2D eigenvalue weighted by atomic mass is 16.8. The van der Waals surface area contributed by atoms with Crippen molar-refractivity contribution in [3.8, 4) is 0 Å². The summed E-state index contributed by atoms with van der Waals surface area (Å²) in [7, 11) is 0. The summed E-state index contributed by atoms with van der Waals surface area (Å²) in [5.41, 5.74) is -0.129. The van der Waals surface area contributed by atoms with Gasteiger partial charge in [-0.3, -0.25) is 0 Å². The van der Waals surface area contributed by atoms with E-state index in [1.807, 2.05) is 0 Å². The van der Waals surface area contributed by atoms with Crippen molar-refractivity contribution in [1.29, 1.82) is 0 Å². The van der Waals surface area contributed by atoms with Crippen LogP contribution in [0.1, 0.15) is 6.42 Å². The van der Waals surface area contributed by atoms with Crippen molar-refractivity contribution in [1.82, 2.24) is 0 Å². The Hall–Kier alpha value is -1.82. The zero-order valence-corrected chi connectivity index (χ0v) is 13.7. The van der Waals surface area contributed by atoms with Gasteiger partial charge in [0.1, 0.15) is 30.7 Å². The fourth-order valence-electron chi connectivity index (χ4n) is 3.02. The Balaban J connectivity index is 2.20. The predicted molar refractivity (Wildman–Crippen MR) is 83.3 cm³/mol. The molecule has 0 spiro atoms. The highest BCUT2D eigenvalue weighted by Gasteiger charge is 2.47. The van der Waals surface area contributed by atoms with Crippen LogP contribution < -0.4 is 0 Å². The Morgan fingerprint density at radius 1 is 1.23 bits per heavy atom. The van der Waals surface area contributed by atoms with Gasteiger partial charge in [-0.05, 0) is 0 Å². The van der Waals surface area contributed by atoms with Gasteiger partial charge in [0.15, 0.2) is 6.29 Å². The van der Waals surface area contributed by atoms with Crippen molar-refractivity contribution < 1.29 is 49.3 Å². The Morgan fingerprint density at radius 3 is 2.46 bits per heavy atom. The van der Waals surface area contributed by atoms with Crippen LogP contribution in [0.4, 0.5) is 0 Å². The molecular weight excluding hydrogens is 352 g/mol. The normalized spacial score (nSPS) is 40.2. The number of carboxylic acid groups (broad SMARTS) is 1. The number of aliphatic hydroxyl groups excluding tert-OH is 4. The van der Waals surface area contributed by atoms with E-state index in [1.54, 1.807) is 0 Å². The Labute approximate surface area is 148 Å². The third-order valence-electron chi connectivity index (χ3n) is 4.49. The zero-order chi connectivity index (χ0) is 19.4. The molecule has 5 N–H and O–H groups in total. The second kappa shape index (κ2) is 8.71. The second-order valence-electron chi connectivity index (χ2n) is 6.04. The molecule has 26 heavy (non-hydrogen) atoms. The minimum atomic E-state index is -1.64. The number of carbonyl (C=O) groups is 2. The number of aliphatic carboxylic acids is 1. The second-order valence-corrected chi connectivity index (χ2v) is 6.04. The number of ether oxygens (including phenoxy) is 3. The molecule has 1 fully saturated rings. The van der Waals surface area contributed by atoms with Crippen LogP contribution in [-0.4, -0.2) is 81.4 Å². The van der Waals surface area contributed by atoms with E-state index in [4.69, 9.17) is 14.2 Å². The van der Waals surface area contributed by atoms with Gasteiger partial charge < -0.3 is 44.5 Å². The summed E-state index contributed by atoms with van der Waals surface area (Å²) in [6, 6.07) is 0. The number of hydrogen-bond donors (Lipinski definition) is 5. The molecule has 0 bridgehead atoms. The minimum absolute atomic E-state index is 0.118. The molecule has 1 saturated heterocycles. The molecule has 2 heterocycles. The van der Waals surface area contributed by atoms with E-state index in [0.717, 1.165) is 6.26 Å². The lowest BCUT2D eigenvalue weighted by Gasteiger charge is -2.42. The Bertz CT molecular complexity index is 559. The maximum atomic E-state index is 11.3. The summed E-state index contributed by atoms with van der Waals surface area (Å²) in [6.07, 6.45) is -5.86. The predicted octanol–water partition coefficient (Wildman–Crippen LogP) is -1.86. The molecule has 0 aromatic heterocycles. The van der Waals surface area contributed by atoms with Crippen LogP contribution in [0.15, 0.2) is 24.5 Å². The van der Waals surface area contributed by atoms with Crippen LogP contribution in [0.25, 0.3) is 0 Å². The number of rotatable bonds is 7. The van der Waals surface area contributed by atoms with Crippen LogP contribution in [0.3, 0.4) is 0 Å². The molecule has 2 aliphatic rings. The lowest BCUT2D eigenvalue weighted by Crippen LogP contribution is -2.60. The van der Waals surface area contributed by atoms with Crippen LogP contribution >= 0.6 is 0 Å². The summed E-state index contributed by atoms with van der Waals surface area (Å²) in [5.74, 6) is -2.79. The SMILES string of the molecule is C=CC1C(OC2OC(CO)C(O)C(O)C2O)OC=C(C(=O)O)C1CC=O. The van der Waals surface area contributed by atoms with Gasteiger partial charge in [-0.15, -0.1) is 6.58 Å². The van der Waals surface area contributed by atoms with Crippen molar-refractivity contribution in [3.63, 3.8) is 0 Å². The topological polar surface area (TPSA) is 163 Å². The minimum Gasteiger partial charge on any atom is -0.478 e. The van der Waals surface area contributed by atoms with Gasteiger partial charge in [0.25, 0.3) is 0 Å². The first-order valence-corrected chi connectivity index (χ1v) is 7.96. The van der Waals surface area contributed by atoms with Gasteiger partial charge in [-0.1, -0.05) is 6.08 Å². The Morgan fingerprint density at radius 2 is 1.92 bits per heavy atom. The highest BCUT2D eigenvalue weighted by molar-refractivity contribution is 5.87. The maximum absolute atomic E-state index is 11.3. The van der Waals surface area contributed by atoms with Crippen molar-refractivity contribution in [2.24, 2.45) is 11.8 Å². The number of aliphatic hydroxyl groups is 4. The molecule has 0 radical (unpaired) electrons. The highest BCUT2D eigenvalue weighted by Crippen LogP contribution is 2.36. The molecule has 0 amide bonds. The lowest BCUT2D eigenvalue weighted by atomic mass is 9.82. The van der Waals surface area contributed by atoms with E-state index in [2.05, 4.69) is 6.58 Å². The van der Waals surface area contributed by atoms with Crippen LogP contribution in [-0.2, 0) is 23.8 Å².